The fourth-order valence-electron chi connectivity index (χ4n) is 3.86. The fraction of sp³-hybridized carbons (Fsp3) is 0.526. The first-order valence-corrected chi connectivity index (χ1v) is 10.2. The first-order chi connectivity index (χ1) is 12.7. The standard InChI is InChI=1S/C19H24N4O2S/c24-18(16-4-1-7-20-16)21-10-13-3-2-8-23(11-13)19(25)14-5-6-15-17(9-14)26-12-22-15/h5-6,9,12-13,16,20H,1-4,7-8,10-11H2,(H,21,24). The summed E-state index contributed by atoms with van der Waals surface area (Å²) in [4.78, 5) is 31.2. The van der Waals surface area contributed by atoms with Crippen molar-refractivity contribution in [3.05, 3.63) is 29.3 Å². The number of fused-ring (bicyclic) bond motifs is 1. The molecule has 2 unspecified atom stereocenters. The van der Waals surface area contributed by atoms with Crippen molar-refractivity contribution in [2.45, 2.75) is 31.7 Å². The van der Waals surface area contributed by atoms with Crippen LogP contribution in [0.3, 0.4) is 0 Å². The van der Waals surface area contributed by atoms with Crippen molar-refractivity contribution in [2.24, 2.45) is 5.92 Å². The topological polar surface area (TPSA) is 74.3 Å². The number of hydrogen-bond acceptors (Lipinski definition) is 5. The van der Waals surface area contributed by atoms with Crippen LogP contribution in [-0.4, -0.2) is 53.9 Å². The molecule has 0 saturated carbocycles. The summed E-state index contributed by atoms with van der Waals surface area (Å²) in [7, 11) is 0. The normalized spacial score (nSPS) is 23.3. The van der Waals surface area contributed by atoms with E-state index >= 15 is 0 Å². The van der Waals surface area contributed by atoms with Gasteiger partial charge in [-0.3, -0.25) is 9.59 Å². The van der Waals surface area contributed by atoms with E-state index in [1.54, 1.807) is 16.8 Å². The molecule has 138 valence electrons. The number of rotatable bonds is 4. The molecular weight excluding hydrogens is 348 g/mol. The lowest BCUT2D eigenvalue weighted by molar-refractivity contribution is -0.123. The van der Waals surface area contributed by atoms with Crippen LogP contribution in [0.5, 0.6) is 0 Å². The number of aromatic nitrogens is 1. The molecule has 2 saturated heterocycles. The maximum Gasteiger partial charge on any atom is 0.253 e. The molecule has 2 N–H and O–H groups in total. The third-order valence-corrected chi connectivity index (χ3v) is 6.12. The highest BCUT2D eigenvalue weighted by Crippen LogP contribution is 2.22. The Bertz CT molecular complexity index is 800. The maximum atomic E-state index is 12.9. The van der Waals surface area contributed by atoms with Crippen LogP contribution in [0.25, 0.3) is 10.2 Å². The van der Waals surface area contributed by atoms with Gasteiger partial charge in [0.1, 0.15) is 0 Å². The largest absolute Gasteiger partial charge is 0.354 e. The molecule has 26 heavy (non-hydrogen) atoms. The SMILES string of the molecule is O=C(NCC1CCCN(C(=O)c2ccc3ncsc3c2)C1)C1CCCN1. The molecule has 4 rings (SSSR count). The third-order valence-electron chi connectivity index (χ3n) is 5.33. The molecule has 2 amide bonds. The summed E-state index contributed by atoms with van der Waals surface area (Å²) in [5.74, 6) is 0.501. The van der Waals surface area contributed by atoms with Gasteiger partial charge in [-0.2, -0.15) is 0 Å². The monoisotopic (exact) mass is 372 g/mol. The van der Waals surface area contributed by atoms with Gasteiger partial charge in [0.25, 0.3) is 5.91 Å². The van der Waals surface area contributed by atoms with Crippen LogP contribution in [-0.2, 0) is 4.79 Å². The summed E-state index contributed by atoms with van der Waals surface area (Å²) in [6.45, 7) is 3.06. The third kappa shape index (κ3) is 3.73. The molecule has 0 bridgehead atoms. The lowest BCUT2D eigenvalue weighted by Gasteiger charge is -2.33. The van der Waals surface area contributed by atoms with Crippen LogP contribution in [0.1, 0.15) is 36.0 Å². The lowest BCUT2D eigenvalue weighted by atomic mass is 9.97. The first kappa shape index (κ1) is 17.4. The summed E-state index contributed by atoms with van der Waals surface area (Å²) in [6, 6.07) is 5.67. The van der Waals surface area contributed by atoms with E-state index in [2.05, 4.69) is 15.6 Å². The number of likely N-dealkylation sites (tertiary alicyclic amines) is 1. The van der Waals surface area contributed by atoms with Gasteiger partial charge >= 0.3 is 0 Å². The molecule has 2 aliphatic rings. The van der Waals surface area contributed by atoms with Gasteiger partial charge in [-0.15, -0.1) is 11.3 Å². The summed E-state index contributed by atoms with van der Waals surface area (Å²) >= 11 is 1.55. The summed E-state index contributed by atoms with van der Waals surface area (Å²) in [5, 5.41) is 6.29. The Hall–Kier alpha value is -1.99. The van der Waals surface area contributed by atoms with Crippen molar-refractivity contribution in [1.82, 2.24) is 20.5 Å². The molecule has 2 aromatic rings. The van der Waals surface area contributed by atoms with Gasteiger partial charge < -0.3 is 15.5 Å². The van der Waals surface area contributed by atoms with Crippen LogP contribution in [0.4, 0.5) is 0 Å². The van der Waals surface area contributed by atoms with Gasteiger partial charge in [0.15, 0.2) is 0 Å². The predicted molar refractivity (Wildman–Crippen MR) is 102 cm³/mol. The number of nitrogens with zero attached hydrogens (tertiary/aromatic N) is 2. The molecule has 2 aliphatic heterocycles. The molecule has 7 heteroatoms. The highest BCUT2D eigenvalue weighted by molar-refractivity contribution is 7.16. The van der Waals surface area contributed by atoms with Crippen molar-refractivity contribution in [3.63, 3.8) is 0 Å². The second kappa shape index (κ2) is 7.72. The van der Waals surface area contributed by atoms with E-state index in [0.29, 0.717) is 19.0 Å². The Balaban J connectivity index is 1.35. The smallest absolute Gasteiger partial charge is 0.253 e. The Morgan fingerprint density at radius 3 is 3.08 bits per heavy atom. The number of piperidine rings is 1. The van der Waals surface area contributed by atoms with E-state index in [-0.39, 0.29) is 17.9 Å². The minimum Gasteiger partial charge on any atom is -0.354 e. The zero-order chi connectivity index (χ0) is 17.9. The van der Waals surface area contributed by atoms with E-state index < -0.39 is 0 Å². The molecule has 1 aromatic heterocycles. The first-order valence-electron chi connectivity index (χ1n) is 9.34. The summed E-state index contributed by atoms with van der Waals surface area (Å²) in [6.07, 6.45) is 4.02. The Morgan fingerprint density at radius 1 is 1.31 bits per heavy atom. The van der Waals surface area contributed by atoms with Crippen LogP contribution >= 0.6 is 11.3 Å². The molecule has 0 spiro atoms. The van der Waals surface area contributed by atoms with E-state index in [4.69, 9.17) is 0 Å². The second-order valence-corrected chi connectivity index (χ2v) is 8.07. The highest BCUT2D eigenvalue weighted by atomic mass is 32.1. The molecule has 6 nitrogen and oxygen atoms in total. The van der Waals surface area contributed by atoms with Crippen molar-refractivity contribution in [2.75, 3.05) is 26.2 Å². The van der Waals surface area contributed by atoms with E-state index in [0.717, 1.165) is 54.6 Å². The Morgan fingerprint density at radius 2 is 2.23 bits per heavy atom. The number of hydrogen-bond donors (Lipinski definition) is 2. The average Bonchev–Trinajstić information content (AvgIpc) is 3.36. The molecule has 3 heterocycles. The van der Waals surface area contributed by atoms with Crippen LogP contribution in [0.2, 0.25) is 0 Å². The molecule has 0 radical (unpaired) electrons. The molecule has 1 aromatic carbocycles. The zero-order valence-electron chi connectivity index (χ0n) is 14.7. The number of carbonyl (C=O) groups is 2. The van der Waals surface area contributed by atoms with Crippen molar-refractivity contribution in [3.8, 4) is 0 Å². The van der Waals surface area contributed by atoms with Gasteiger partial charge in [-0.25, -0.2) is 4.98 Å². The summed E-state index contributed by atoms with van der Waals surface area (Å²) in [5.41, 5.74) is 3.46. The van der Waals surface area contributed by atoms with Crippen LogP contribution in [0.15, 0.2) is 23.7 Å². The van der Waals surface area contributed by atoms with Gasteiger partial charge in [-0.1, -0.05) is 0 Å². The van der Waals surface area contributed by atoms with E-state index in [9.17, 15) is 9.59 Å². The summed E-state index contributed by atoms with van der Waals surface area (Å²) < 4.78 is 1.04. The molecule has 0 aliphatic carbocycles. The van der Waals surface area contributed by atoms with Crippen LogP contribution in [0, 0.1) is 5.92 Å². The predicted octanol–water partition coefficient (Wildman–Crippen LogP) is 2.02. The zero-order valence-corrected chi connectivity index (χ0v) is 15.6. The number of amides is 2. The molecule has 2 fully saturated rings. The lowest BCUT2D eigenvalue weighted by Crippen LogP contribution is -2.46. The minimum absolute atomic E-state index is 0.0394. The maximum absolute atomic E-state index is 12.9. The van der Waals surface area contributed by atoms with Crippen molar-refractivity contribution >= 4 is 33.4 Å². The fourth-order valence-corrected chi connectivity index (χ4v) is 4.58. The number of benzene rings is 1. The quantitative estimate of drug-likeness (QED) is 0.861. The van der Waals surface area contributed by atoms with Gasteiger partial charge in [-0.05, 0) is 56.3 Å². The van der Waals surface area contributed by atoms with E-state index in [1.165, 1.54) is 0 Å². The highest BCUT2D eigenvalue weighted by Gasteiger charge is 2.27. The number of thiazole rings is 1. The number of nitrogens with one attached hydrogen (secondary N) is 2. The average molecular weight is 372 g/mol. The Kier molecular flexibility index (Phi) is 5.17. The Labute approximate surface area is 157 Å². The molecule has 2 atom stereocenters. The second-order valence-electron chi connectivity index (χ2n) is 7.19. The number of carbonyl (C=O) groups excluding carboxylic acids is 2. The van der Waals surface area contributed by atoms with Crippen molar-refractivity contribution < 1.29 is 9.59 Å². The van der Waals surface area contributed by atoms with Gasteiger partial charge in [0, 0.05) is 25.2 Å². The van der Waals surface area contributed by atoms with Gasteiger partial charge in [0.2, 0.25) is 5.91 Å². The van der Waals surface area contributed by atoms with E-state index in [1.807, 2.05) is 23.1 Å². The molecular formula is C19H24N4O2S. The van der Waals surface area contributed by atoms with Crippen LogP contribution < -0.4 is 10.6 Å². The van der Waals surface area contributed by atoms with Crippen molar-refractivity contribution in [1.29, 1.82) is 0 Å². The minimum atomic E-state index is -0.0394. The van der Waals surface area contributed by atoms with Gasteiger partial charge in [0.05, 0.1) is 21.8 Å².